The molecule has 9 heteroatoms. The molecule has 2 aromatic carbocycles. The molecule has 7 nitrogen and oxygen atoms in total. The third-order valence-corrected chi connectivity index (χ3v) is 7.80. The number of rotatable bonds is 8. The van der Waals surface area contributed by atoms with Crippen LogP contribution in [-0.2, 0) is 20.6 Å². The first-order valence-corrected chi connectivity index (χ1v) is 12.5. The second-order valence-corrected chi connectivity index (χ2v) is 10.3. The predicted molar refractivity (Wildman–Crippen MR) is 124 cm³/mol. The van der Waals surface area contributed by atoms with Gasteiger partial charge in [-0.2, -0.15) is 0 Å². The smallest absolute Gasteiger partial charge is 0.223 e. The van der Waals surface area contributed by atoms with Crippen LogP contribution in [0.5, 0.6) is 11.5 Å². The molecule has 1 saturated heterocycles. The molecule has 1 atom stereocenters. The molecule has 174 valence electrons. The molecule has 0 saturated carbocycles. The van der Waals surface area contributed by atoms with E-state index in [1.165, 1.54) is 4.31 Å². The third kappa shape index (κ3) is 5.94. The number of benzene rings is 2. The molecule has 1 aliphatic rings. The lowest BCUT2D eigenvalue weighted by atomic mass is 9.96. The van der Waals surface area contributed by atoms with Crippen molar-refractivity contribution >= 4 is 27.5 Å². The highest BCUT2D eigenvalue weighted by molar-refractivity contribution is 7.88. The molecule has 1 N–H and O–H groups in total. The van der Waals surface area contributed by atoms with Gasteiger partial charge in [0.25, 0.3) is 0 Å². The topological polar surface area (TPSA) is 84.9 Å². The highest BCUT2D eigenvalue weighted by Crippen LogP contribution is 2.30. The van der Waals surface area contributed by atoms with Gasteiger partial charge in [0.05, 0.1) is 26.0 Å². The van der Waals surface area contributed by atoms with E-state index < -0.39 is 10.0 Å². The summed E-state index contributed by atoms with van der Waals surface area (Å²) in [6.07, 6.45) is 0.950. The average Bonchev–Trinajstić information content (AvgIpc) is 2.78. The Morgan fingerprint density at radius 3 is 2.50 bits per heavy atom. The maximum Gasteiger partial charge on any atom is 0.223 e. The Labute approximate surface area is 194 Å². The number of piperidine rings is 1. The fourth-order valence-corrected chi connectivity index (χ4v) is 5.68. The van der Waals surface area contributed by atoms with Gasteiger partial charge in [-0.15, -0.1) is 0 Å². The Morgan fingerprint density at radius 2 is 1.88 bits per heavy atom. The summed E-state index contributed by atoms with van der Waals surface area (Å²) < 4.78 is 37.7. The maximum absolute atomic E-state index is 12.9. The van der Waals surface area contributed by atoms with Crippen molar-refractivity contribution in [2.75, 3.05) is 27.3 Å². The highest BCUT2D eigenvalue weighted by atomic mass is 35.5. The van der Waals surface area contributed by atoms with Crippen LogP contribution in [0.25, 0.3) is 0 Å². The van der Waals surface area contributed by atoms with Crippen molar-refractivity contribution in [1.82, 2.24) is 9.62 Å². The summed E-state index contributed by atoms with van der Waals surface area (Å²) >= 11 is 5.97. The quantitative estimate of drug-likeness (QED) is 0.621. The molecule has 0 aliphatic carbocycles. The van der Waals surface area contributed by atoms with Gasteiger partial charge in [-0.05, 0) is 55.7 Å². The Bertz CT molecular complexity index is 1050. The highest BCUT2D eigenvalue weighted by Gasteiger charge is 2.32. The number of sulfonamides is 1. The van der Waals surface area contributed by atoms with E-state index in [1.54, 1.807) is 50.6 Å². The summed E-state index contributed by atoms with van der Waals surface area (Å²) in [6, 6.07) is 12.0. The molecule has 1 aliphatic heterocycles. The van der Waals surface area contributed by atoms with E-state index >= 15 is 0 Å². The van der Waals surface area contributed by atoms with Crippen molar-refractivity contribution in [1.29, 1.82) is 0 Å². The van der Waals surface area contributed by atoms with Crippen LogP contribution in [0.2, 0.25) is 5.02 Å². The lowest BCUT2D eigenvalue weighted by Gasteiger charge is -2.31. The number of nitrogens with zero attached hydrogens (tertiary/aromatic N) is 1. The van der Waals surface area contributed by atoms with Gasteiger partial charge in [-0.1, -0.05) is 23.7 Å². The number of halogens is 1. The van der Waals surface area contributed by atoms with E-state index in [9.17, 15) is 13.2 Å². The van der Waals surface area contributed by atoms with Gasteiger partial charge in [-0.25, -0.2) is 12.7 Å². The number of ether oxygens (including phenoxy) is 2. The summed E-state index contributed by atoms with van der Waals surface area (Å²) in [5, 5.41) is 3.54. The monoisotopic (exact) mass is 480 g/mol. The second-order valence-electron chi connectivity index (χ2n) is 7.90. The van der Waals surface area contributed by atoms with Crippen LogP contribution in [0.15, 0.2) is 42.5 Å². The minimum absolute atomic E-state index is 0.0886. The molecule has 0 aromatic heterocycles. The molecule has 1 fully saturated rings. The predicted octanol–water partition coefficient (Wildman–Crippen LogP) is 3.78. The summed E-state index contributed by atoms with van der Waals surface area (Å²) in [5.74, 6) is 0.915. The zero-order chi connectivity index (χ0) is 23.3. The number of hydrogen-bond donors (Lipinski definition) is 1. The Balaban J connectivity index is 1.58. The van der Waals surface area contributed by atoms with Crippen molar-refractivity contribution in [2.45, 2.75) is 31.6 Å². The van der Waals surface area contributed by atoms with Crippen molar-refractivity contribution in [3.63, 3.8) is 0 Å². The largest absolute Gasteiger partial charge is 0.497 e. The van der Waals surface area contributed by atoms with Crippen LogP contribution in [0.1, 0.15) is 36.9 Å². The van der Waals surface area contributed by atoms with Crippen molar-refractivity contribution < 1.29 is 22.7 Å². The number of amides is 1. The SMILES string of the molecule is COc1ccc(OC)c(C(C)NC(=O)C2CCN(S(=O)(=O)Cc3cccc(Cl)c3)CC2)c1. The average molecular weight is 481 g/mol. The molecule has 2 aromatic rings. The number of methoxy groups -OCH3 is 2. The third-order valence-electron chi connectivity index (χ3n) is 5.72. The molecule has 1 heterocycles. The first-order chi connectivity index (χ1) is 15.2. The number of carbonyl (C=O) groups is 1. The molecule has 0 spiro atoms. The van der Waals surface area contributed by atoms with E-state index in [2.05, 4.69) is 5.32 Å². The van der Waals surface area contributed by atoms with Gasteiger partial charge in [-0.3, -0.25) is 4.79 Å². The fourth-order valence-electron chi connectivity index (χ4n) is 3.91. The minimum atomic E-state index is -3.47. The normalized spacial score (nSPS) is 16.4. The molecule has 0 radical (unpaired) electrons. The zero-order valence-corrected chi connectivity index (χ0v) is 20.1. The molecular formula is C23H29ClN2O5S. The van der Waals surface area contributed by atoms with Gasteiger partial charge < -0.3 is 14.8 Å². The first-order valence-electron chi connectivity index (χ1n) is 10.5. The first kappa shape index (κ1) is 24.4. The van der Waals surface area contributed by atoms with Crippen molar-refractivity contribution in [2.24, 2.45) is 5.92 Å². The van der Waals surface area contributed by atoms with Crippen LogP contribution >= 0.6 is 11.6 Å². The van der Waals surface area contributed by atoms with Crippen molar-refractivity contribution in [3.8, 4) is 11.5 Å². The van der Waals surface area contributed by atoms with E-state index in [-0.39, 0.29) is 23.6 Å². The van der Waals surface area contributed by atoms with Crippen LogP contribution in [0, 0.1) is 5.92 Å². The molecule has 0 bridgehead atoms. The van der Waals surface area contributed by atoms with E-state index in [1.807, 2.05) is 13.0 Å². The lowest BCUT2D eigenvalue weighted by molar-refractivity contribution is -0.126. The summed E-state index contributed by atoms with van der Waals surface area (Å²) in [6.45, 7) is 2.52. The Kier molecular flexibility index (Phi) is 8.03. The standard InChI is InChI=1S/C23H29ClN2O5S/c1-16(21-14-20(30-2)7-8-22(21)31-3)25-23(27)18-9-11-26(12-10-18)32(28,29)15-17-5-4-6-19(24)13-17/h4-8,13-14,16,18H,9-12,15H2,1-3H3,(H,25,27). The van der Waals surface area contributed by atoms with Gasteiger partial charge in [0.15, 0.2) is 0 Å². The summed E-state index contributed by atoms with van der Waals surface area (Å²) in [4.78, 5) is 12.9. The molecular weight excluding hydrogens is 452 g/mol. The minimum Gasteiger partial charge on any atom is -0.497 e. The van der Waals surface area contributed by atoms with E-state index in [0.717, 1.165) is 5.56 Å². The maximum atomic E-state index is 12.9. The van der Waals surface area contributed by atoms with Crippen LogP contribution in [0.4, 0.5) is 0 Å². The van der Waals surface area contributed by atoms with Crippen molar-refractivity contribution in [3.05, 3.63) is 58.6 Å². The lowest BCUT2D eigenvalue weighted by Crippen LogP contribution is -2.43. The van der Waals surface area contributed by atoms with Gasteiger partial charge in [0.1, 0.15) is 11.5 Å². The van der Waals surface area contributed by atoms with Crippen LogP contribution < -0.4 is 14.8 Å². The zero-order valence-electron chi connectivity index (χ0n) is 18.5. The number of hydrogen-bond acceptors (Lipinski definition) is 5. The van der Waals surface area contributed by atoms with Crippen LogP contribution in [-0.4, -0.2) is 45.9 Å². The Hall–Kier alpha value is -2.29. The fraction of sp³-hybridized carbons (Fsp3) is 0.435. The Morgan fingerprint density at radius 1 is 1.16 bits per heavy atom. The molecule has 1 amide bonds. The van der Waals surface area contributed by atoms with Gasteiger partial charge in [0.2, 0.25) is 15.9 Å². The molecule has 32 heavy (non-hydrogen) atoms. The molecule has 1 unspecified atom stereocenters. The van der Waals surface area contributed by atoms with Crippen LogP contribution in [0.3, 0.4) is 0 Å². The van der Waals surface area contributed by atoms with E-state index in [0.29, 0.717) is 48.0 Å². The van der Waals surface area contributed by atoms with E-state index in [4.69, 9.17) is 21.1 Å². The summed E-state index contributed by atoms with van der Waals surface area (Å²) in [5.41, 5.74) is 1.47. The van der Waals surface area contributed by atoms with Gasteiger partial charge >= 0.3 is 0 Å². The molecule has 3 rings (SSSR count). The summed E-state index contributed by atoms with van der Waals surface area (Å²) in [7, 11) is -0.303. The number of carbonyl (C=O) groups excluding carboxylic acids is 1. The second kappa shape index (κ2) is 10.6. The number of nitrogens with one attached hydrogen (secondary N) is 1. The van der Waals surface area contributed by atoms with Gasteiger partial charge in [0, 0.05) is 29.6 Å².